The van der Waals surface area contributed by atoms with Gasteiger partial charge in [-0.15, -0.1) is 0 Å². The average Bonchev–Trinajstić information content (AvgIpc) is 2.54. The minimum absolute atomic E-state index is 0.0346. The van der Waals surface area contributed by atoms with E-state index < -0.39 is 0 Å². The Labute approximate surface area is 129 Å². The van der Waals surface area contributed by atoms with Crippen LogP contribution in [0.3, 0.4) is 0 Å². The number of rotatable bonds is 5. The van der Waals surface area contributed by atoms with Crippen molar-refractivity contribution in [1.82, 2.24) is 4.90 Å². The molecule has 0 heterocycles. The molecule has 0 bridgehead atoms. The van der Waals surface area contributed by atoms with Crippen molar-refractivity contribution >= 4 is 5.91 Å². The molecule has 0 atom stereocenters. The van der Waals surface area contributed by atoms with E-state index in [0.717, 1.165) is 5.56 Å². The number of carbonyl (C=O) groups is 1. The van der Waals surface area contributed by atoms with Crippen LogP contribution in [0.5, 0.6) is 0 Å². The van der Waals surface area contributed by atoms with Gasteiger partial charge in [0.2, 0.25) is 5.91 Å². The summed E-state index contributed by atoms with van der Waals surface area (Å²) in [6.45, 7) is 0.474. The van der Waals surface area contributed by atoms with E-state index in [4.69, 9.17) is 5.26 Å². The number of amides is 1. The lowest BCUT2D eigenvalue weighted by Crippen LogP contribution is -2.26. The topological polar surface area (TPSA) is 44.1 Å². The Morgan fingerprint density at radius 3 is 2.50 bits per heavy atom. The Morgan fingerprint density at radius 1 is 1.18 bits per heavy atom. The van der Waals surface area contributed by atoms with Crippen LogP contribution in [0.25, 0.3) is 0 Å². The van der Waals surface area contributed by atoms with Crippen molar-refractivity contribution in [1.29, 1.82) is 5.26 Å². The van der Waals surface area contributed by atoms with E-state index in [0.29, 0.717) is 24.1 Å². The number of nitrogens with zero attached hydrogens (tertiary/aromatic N) is 2. The highest BCUT2D eigenvalue weighted by molar-refractivity contribution is 5.76. The Morgan fingerprint density at radius 2 is 1.86 bits per heavy atom. The van der Waals surface area contributed by atoms with E-state index in [9.17, 15) is 9.18 Å². The molecule has 0 spiro atoms. The van der Waals surface area contributed by atoms with Crippen molar-refractivity contribution < 1.29 is 9.18 Å². The molecule has 0 saturated heterocycles. The lowest BCUT2D eigenvalue weighted by molar-refractivity contribution is -0.130. The van der Waals surface area contributed by atoms with Crippen molar-refractivity contribution in [3.63, 3.8) is 0 Å². The third-order valence-corrected chi connectivity index (χ3v) is 3.49. The molecule has 2 aromatic rings. The largest absolute Gasteiger partial charge is 0.341 e. The van der Waals surface area contributed by atoms with Gasteiger partial charge in [-0.25, -0.2) is 4.39 Å². The minimum Gasteiger partial charge on any atom is -0.341 e. The SMILES string of the molecule is CN(Cc1ccc(C#N)cc1)C(=O)CCc1ccccc1F. The van der Waals surface area contributed by atoms with Gasteiger partial charge in [0.05, 0.1) is 11.6 Å². The van der Waals surface area contributed by atoms with Crippen LogP contribution in [0, 0.1) is 17.1 Å². The minimum atomic E-state index is -0.273. The van der Waals surface area contributed by atoms with Gasteiger partial charge < -0.3 is 4.90 Å². The first-order valence-electron chi connectivity index (χ1n) is 7.06. The molecule has 112 valence electrons. The van der Waals surface area contributed by atoms with E-state index >= 15 is 0 Å². The van der Waals surface area contributed by atoms with E-state index in [1.54, 1.807) is 42.3 Å². The first kappa shape index (κ1) is 15.7. The van der Waals surface area contributed by atoms with Crippen molar-refractivity contribution in [3.05, 3.63) is 71.0 Å². The van der Waals surface area contributed by atoms with Crippen LogP contribution >= 0.6 is 0 Å². The molecule has 0 aliphatic rings. The standard InChI is InChI=1S/C18H17FN2O/c1-21(13-15-8-6-14(12-20)7-9-15)18(22)11-10-16-4-2-3-5-17(16)19/h2-9H,10-11,13H2,1H3. The Hall–Kier alpha value is -2.67. The van der Waals surface area contributed by atoms with Crippen LogP contribution in [0.4, 0.5) is 4.39 Å². The molecule has 0 N–H and O–H groups in total. The molecule has 0 fully saturated rings. The Bertz CT molecular complexity index is 689. The van der Waals surface area contributed by atoms with Crippen LogP contribution in [0.2, 0.25) is 0 Å². The fraction of sp³-hybridized carbons (Fsp3) is 0.222. The van der Waals surface area contributed by atoms with Crippen LogP contribution in [-0.2, 0) is 17.8 Å². The molecule has 3 nitrogen and oxygen atoms in total. The normalized spacial score (nSPS) is 10.0. The summed E-state index contributed by atoms with van der Waals surface area (Å²) in [5, 5.41) is 8.75. The van der Waals surface area contributed by atoms with E-state index in [1.165, 1.54) is 6.07 Å². The summed E-state index contributed by atoms with van der Waals surface area (Å²) in [5.41, 5.74) is 2.11. The zero-order valence-electron chi connectivity index (χ0n) is 12.4. The van der Waals surface area contributed by atoms with Crippen molar-refractivity contribution in [2.24, 2.45) is 0 Å². The fourth-order valence-electron chi connectivity index (χ4n) is 2.18. The van der Waals surface area contributed by atoms with Gasteiger partial charge in [-0.3, -0.25) is 4.79 Å². The maximum absolute atomic E-state index is 13.5. The molecule has 0 saturated carbocycles. The molecule has 0 aliphatic heterocycles. The summed E-state index contributed by atoms with van der Waals surface area (Å²) in [4.78, 5) is 13.7. The lowest BCUT2D eigenvalue weighted by Gasteiger charge is -2.17. The van der Waals surface area contributed by atoms with Gasteiger partial charge in [-0.05, 0) is 35.7 Å². The van der Waals surface area contributed by atoms with Crippen LogP contribution in [-0.4, -0.2) is 17.9 Å². The van der Waals surface area contributed by atoms with Crippen molar-refractivity contribution in [2.75, 3.05) is 7.05 Å². The molecular formula is C18H17FN2O. The van der Waals surface area contributed by atoms with E-state index in [-0.39, 0.29) is 18.1 Å². The first-order chi connectivity index (χ1) is 10.6. The maximum Gasteiger partial charge on any atom is 0.222 e. The zero-order chi connectivity index (χ0) is 15.9. The Kier molecular flexibility index (Phi) is 5.26. The number of carbonyl (C=O) groups excluding carboxylic acids is 1. The predicted octanol–water partition coefficient (Wildman–Crippen LogP) is 3.29. The number of hydrogen-bond acceptors (Lipinski definition) is 2. The highest BCUT2D eigenvalue weighted by Crippen LogP contribution is 2.11. The van der Waals surface area contributed by atoms with Crippen molar-refractivity contribution in [3.8, 4) is 6.07 Å². The van der Waals surface area contributed by atoms with Crippen LogP contribution < -0.4 is 0 Å². The second-order valence-corrected chi connectivity index (χ2v) is 5.15. The molecule has 2 rings (SSSR count). The molecule has 0 aliphatic carbocycles. The van der Waals surface area contributed by atoms with Gasteiger partial charge in [-0.1, -0.05) is 30.3 Å². The summed E-state index contributed by atoms with van der Waals surface area (Å²) in [7, 11) is 1.72. The lowest BCUT2D eigenvalue weighted by atomic mass is 10.1. The second kappa shape index (κ2) is 7.37. The van der Waals surface area contributed by atoms with Crippen LogP contribution in [0.1, 0.15) is 23.1 Å². The predicted molar refractivity (Wildman–Crippen MR) is 82.4 cm³/mol. The summed E-state index contributed by atoms with van der Waals surface area (Å²) < 4.78 is 13.5. The number of benzene rings is 2. The van der Waals surface area contributed by atoms with Crippen LogP contribution in [0.15, 0.2) is 48.5 Å². The van der Waals surface area contributed by atoms with Gasteiger partial charge in [-0.2, -0.15) is 5.26 Å². The molecule has 2 aromatic carbocycles. The molecule has 0 aromatic heterocycles. The maximum atomic E-state index is 13.5. The molecule has 1 amide bonds. The number of nitriles is 1. The second-order valence-electron chi connectivity index (χ2n) is 5.15. The highest BCUT2D eigenvalue weighted by atomic mass is 19.1. The molecule has 0 radical (unpaired) electrons. The monoisotopic (exact) mass is 296 g/mol. The summed E-state index contributed by atoms with van der Waals surface area (Å²) in [5.74, 6) is -0.308. The van der Waals surface area contributed by atoms with E-state index in [2.05, 4.69) is 6.07 Å². The number of hydrogen-bond donors (Lipinski definition) is 0. The number of halogens is 1. The quantitative estimate of drug-likeness (QED) is 0.850. The third kappa shape index (κ3) is 4.16. The number of aryl methyl sites for hydroxylation is 1. The highest BCUT2D eigenvalue weighted by Gasteiger charge is 2.11. The Balaban J connectivity index is 1.89. The zero-order valence-corrected chi connectivity index (χ0v) is 12.4. The summed E-state index contributed by atoms with van der Waals surface area (Å²) in [6.07, 6.45) is 0.664. The van der Waals surface area contributed by atoms with Gasteiger partial charge in [0.15, 0.2) is 0 Å². The third-order valence-electron chi connectivity index (χ3n) is 3.49. The fourth-order valence-corrected chi connectivity index (χ4v) is 2.18. The molecule has 22 heavy (non-hydrogen) atoms. The molecule has 4 heteroatoms. The van der Waals surface area contributed by atoms with Crippen molar-refractivity contribution in [2.45, 2.75) is 19.4 Å². The van der Waals surface area contributed by atoms with Gasteiger partial charge >= 0.3 is 0 Å². The smallest absolute Gasteiger partial charge is 0.222 e. The van der Waals surface area contributed by atoms with Gasteiger partial charge in [0.1, 0.15) is 5.82 Å². The van der Waals surface area contributed by atoms with E-state index in [1.807, 2.05) is 12.1 Å². The summed E-state index contributed by atoms with van der Waals surface area (Å²) in [6, 6.07) is 15.7. The van der Waals surface area contributed by atoms with Gasteiger partial charge in [0, 0.05) is 20.0 Å². The first-order valence-corrected chi connectivity index (χ1v) is 7.06. The molecule has 0 unspecified atom stereocenters. The van der Waals surface area contributed by atoms with Gasteiger partial charge in [0.25, 0.3) is 0 Å². The average molecular weight is 296 g/mol. The molecular weight excluding hydrogens is 279 g/mol. The summed E-state index contributed by atoms with van der Waals surface area (Å²) >= 11 is 0.